The van der Waals surface area contributed by atoms with Crippen molar-refractivity contribution in [3.8, 4) is 0 Å². The molecule has 0 aromatic heterocycles. The Balaban J connectivity index is 1.19. The second-order valence-corrected chi connectivity index (χ2v) is 12.2. The Morgan fingerprint density at radius 3 is 2.09 bits per heavy atom. The van der Waals surface area contributed by atoms with Gasteiger partial charge < -0.3 is 9.64 Å². The zero-order valence-electron chi connectivity index (χ0n) is 20.9. The molecule has 3 heterocycles. The van der Waals surface area contributed by atoms with Gasteiger partial charge in [-0.25, -0.2) is 8.42 Å². The van der Waals surface area contributed by atoms with Gasteiger partial charge in [0.1, 0.15) is 0 Å². The number of aryl methyl sites for hydroxylation is 1. The van der Waals surface area contributed by atoms with Crippen molar-refractivity contribution >= 4 is 15.9 Å². The lowest BCUT2D eigenvalue weighted by molar-refractivity contribution is -0.134. The van der Waals surface area contributed by atoms with Crippen LogP contribution in [-0.2, 0) is 19.6 Å². The first-order chi connectivity index (χ1) is 16.2. The number of benzene rings is 1. The lowest BCUT2D eigenvalue weighted by Crippen LogP contribution is -2.52. The quantitative estimate of drug-likeness (QED) is 0.601. The number of ether oxygens (including phenoxy) is 1. The summed E-state index contributed by atoms with van der Waals surface area (Å²) < 4.78 is 33.2. The van der Waals surface area contributed by atoms with E-state index in [1.807, 2.05) is 24.0 Å². The van der Waals surface area contributed by atoms with Gasteiger partial charge in [0.25, 0.3) is 0 Å². The fourth-order valence-electron chi connectivity index (χ4n) is 5.44. The number of piperidine rings is 1. The van der Waals surface area contributed by atoms with E-state index >= 15 is 0 Å². The summed E-state index contributed by atoms with van der Waals surface area (Å²) in [6.45, 7) is 13.3. The maximum Gasteiger partial charge on any atom is 0.243 e. The van der Waals surface area contributed by atoms with Crippen LogP contribution >= 0.6 is 0 Å². The fraction of sp³-hybridized carbons (Fsp3) is 0.720. The van der Waals surface area contributed by atoms with Crippen molar-refractivity contribution in [3.05, 3.63) is 29.8 Å². The van der Waals surface area contributed by atoms with Gasteiger partial charge in [-0.15, -0.1) is 0 Å². The van der Waals surface area contributed by atoms with E-state index in [2.05, 4.69) is 23.6 Å². The molecule has 34 heavy (non-hydrogen) atoms. The van der Waals surface area contributed by atoms with Crippen molar-refractivity contribution in [2.45, 2.75) is 50.7 Å². The van der Waals surface area contributed by atoms with Crippen molar-refractivity contribution in [1.82, 2.24) is 19.0 Å². The Hall–Kier alpha value is -1.52. The Morgan fingerprint density at radius 1 is 0.912 bits per heavy atom. The van der Waals surface area contributed by atoms with Crippen molar-refractivity contribution < 1.29 is 17.9 Å². The average molecular weight is 493 g/mol. The highest BCUT2D eigenvalue weighted by molar-refractivity contribution is 7.89. The molecular formula is C25H40N4O4S. The van der Waals surface area contributed by atoms with Crippen LogP contribution in [0.4, 0.5) is 0 Å². The second kappa shape index (κ2) is 11.0. The van der Waals surface area contributed by atoms with Gasteiger partial charge in [-0.05, 0) is 51.7 Å². The number of rotatable bonds is 6. The maximum absolute atomic E-state index is 12.9. The van der Waals surface area contributed by atoms with Gasteiger partial charge in [-0.1, -0.05) is 17.7 Å². The number of sulfonamides is 1. The summed E-state index contributed by atoms with van der Waals surface area (Å²) in [5.41, 5.74) is 1.04. The van der Waals surface area contributed by atoms with E-state index < -0.39 is 10.0 Å². The minimum Gasteiger partial charge on any atom is -0.373 e. The number of hydrogen-bond acceptors (Lipinski definition) is 6. The Labute approximate surface area is 204 Å². The first kappa shape index (κ1) is 25.6. The van der Waals surface area contributed by atoms with Crippen LogP contribution in [0.2, 0.25) is 0 Å². The molecule has 0 bridgehead atoms. The summed E-state index contributed by atoms with van der Waals surface area (Å²) >= 11 is 0. The van der Waals surface area contributed by atoms with E-state index in [0.717, 1.165) is 51.1 Å². The summed E-state index contributed by atoms with van der Waals surface area (Å²) in [6, 6.07) is 6.99. The second-order valence-electron chi connectivity index (χ2n) is 10.3. The molecule has 4 rings (SSSR count). The van der Waals surface area contributed by atoms with E-state index in [4.69, 9.17) is 4.74 Å². The van der Waals surface area contributed by atoms with Gasteiger partial charge in [-0.2, -0.15) is 4.31 Å². The van der Waals surface area contributed by atoms with Crippen LogP contribution in [0.5, 0.6) is 0 Å². The molecule has 2 atom stereocenters. The lowest BCUT2D eigenvalue weighted by atomic mass is 9.95. The van der Waals surface area contributed by atoms with Crippen molar-refractivity contribution in [2.75, 3.05) is 65.4 Å². The molecule has 2 unspecified atom stereocenters. The van der Waals surface area contributed by atoms with E-state index in [1.54, 1.807) is 12.1 Å². The molecule has 3 aliphatic rings. The Morgan fingerprint density at radius 2 is 1.50 bits per heavy atom. The molecular weight excluding hydrogens is 452 g/mol. The highest BCUT2D eigenvalue weighted by atomic mass is 32.2. The van der Waals surface area contributed by atoms with Gasteiger partial charge in [0.2, 0.25) is 15.9 Å². The summed E-state index contributed by atoms with van der Waals surface area (Å²) in [7, 11) is -3.48. The number of nitrogens with zero attached hydrogens (tertiary/aromatic N) is 4. The van der Waals surface area contributed by atoms with Gasteiger partial charge in [-0.3, -0.25) is 14.6 Å². The fourth-order valence-corrected chi connectivity index (χ4v) is 6.86. The van der Waals surface area contributed by atoms with Crippen molar-refractivity contribution in [2.24, 2.45) is 5.92 Å². The minimum atomic E-state index is -3.48. The molecule has 1 aromatic carbocycles. The van der Waals surface area contributed by atoms with E-state index in [1.165, 1.54) is 4.31 Å². The molecule has 1 aromatic rings. The predicted molar refractivity (Wildman–Crippen MR) is 132 cm³/mol. The summed E-state index contributed by atoms with van der Waals surface area (Å²) in [5, 5.41) is 0. The zero-order chi connectivity index (χ0) is 24.3. The Kier molecular flexibility index (Phi) is 8.30. The lowest BCUT2D eigenvalue weighted by Gasteiger charge is -2.40. The molecule has 8 nitrogen and oxygen atoms in total. The first-order valence-corrected chi connectivity index (χ1v) is 14.1. The molecule has 1 amide bonds. The number of piperazine rings is 1. The number of amides is 1. The number of carbonyl (C=O) groups is 1. The van der Waals surface area contributed by atoms with Crippen LogP contribution in [0.3, 0.4) is 0 Å². The molecule has 0 spiro atoms. The SMILES string of the molecule is Cc1ccc(S(=O)(=O)N2CCN(CC(=O)N3CCC(CN4CC(C)OC(C)C4)CC3)CC2)cc1. The van der Waals surface area contributed by atoms with Crippen LogP contribution in [-0.4, -0.2) is 111 Å². The zero-order valence-corrected chi connectivity index (χ0v) is 21.7. The Bertz CT molecular complexity index is 913. The van der Waals surface area contributed by atoms with Gasteiger partial charge in [0, 0.05) is 58.9 Å². The topological polar surface area (TPSA) is 73.4 Å². The molecule has 0 saturated carbocycles. The third kappa shape index (κ3) is 6.37. The highest BCUT2D eigenvalue weighted by Gasteiger charge is 2.31. The minimum absolute atomic E-state index is 0.168. The van der Waals surface area contributed by atoms with E-state index in [-0.39, 0.29) is 18.1 Å². The average Bonchev–Trinajstić information content (AvgIpc) is 2.79. The van der Waals surface area contributed by atoms with Crippen LogP contribution in [0, 0.1) is 12.8 Å². The molecule has 3 fully saturated rings. The summed E-state index contributed by atoms with van der Waals surface area (Å²) in [4.78, 5) is 19.9. The molecule has 9 heteroatoms. The molecule has 0 radical (unpaired) electrons. The molecule has 0 N–H and O–H groups in total. The first-order valence-electron chi connectivity index (χ1n) is 12.7. The van der Waals surface area contributed by atoms with Crippen molar-refractivity contribution in [3.63, 3.8) is 0 Å². The monoisotopic (exact) mass is 492 g/mol. The predicted octanol–water partition coefficient (Wildman–Crippen LogP) is 1.65. The summed E-state index contributed by atoms with van der Waals surface area (Å²) in [5.74, 6) is 0.805. The van der Waals surface area contributed by atoms with Gasteiger partial charge >= 0.3 is 0 Å². The van der Waals surface area contributed by atoms with Crippen LogP contribution in [0.1, 0.15) is 32.3 Å². The highest BCUT2D eigenvalue weighted by Crippen LogP contribution is 2.22. The molecule has 0 aliphatic carbocycles. The molecule has 3 saturated heterocycles. The van der Waals surface area contributed by atoms with Gasteiger partial charge in [0.15, 0.2) is 0 Å². The van der Waals surface area contributed by atoms with Crippen LogP contribution in [0.15, 0.2) is 29.2 Å². The maximum atomic E-state index is 12.9. The molecule has 3 aliphatic heterocycles. The largest absolute Gasteiger partial charge is 0.373 e. The third-order valence-corrected chi connectivity index (χ3v) is 9.24. The number of hydrogen-bond donors (Lipinski definition) is 0. The standard InChI is InChI=1S/C25H40N4O4S/c1-20-4-6-24(7-5-20)34(31,32)29-14-12-26(13-15-29)19-25(30)28-10-8-23(9-11-28)18-27-16-21(2)33-22(3)17-27/h4-7,21-23H,8-19H2,1-3H3. The summed E-state index contributed by atoms with van der Waals surface area (Å²) in [6.07, 6.45) is 2.68. The normalized spacial score (nSPS) is 26.6. The third-order valence-electron chi connectivity index (χ3n) is 7.33. The van der Waals surface area contributed by atoms with E-state index in [9.17, 15) is 13.2 Å². The van der Waals surface area contributed by atoms with Crippen molar-refractivity contribution in [1.29, 1.82) is 0 Å². The number of morpholine rings is 1. The molecule has 190 valence electrons. The van der Waals surface area contributed by atoms with Crippen LogP contribution < -0.4 is 0 Å². The van der Waals surface area contributed by atoms with E-state index in [0.29, 0.717) is 43.5 Å². The number of carbonyl (C=O) groups excluding carboxylic acids is 1. The van der Waals surface area contributed by atoms with Gasteiger partial charge in [0.05, 0.1) is 23.6 Å². The number of likely N-dealkylation sites (tertiary alicyclic amines) is 1. The van der Waals surface area contributed by atoms with Crippen LogP contribution in [0.25, 0.3) is 0 Å². The smallest absolute Gasteiger partial charge is 0.243 e.